The maximum Gasteiger partial charge on any atom is 0.269 e. The van der Waals surface area contributed by atoms with Crippen molar-refractivity contribution >= 4 is 52.2 Å². The van der Waals surface area contributed by atoms with Gasteiger partial charge in [0.15, 0.2) is 5.16 Å². The number of nitrogens with zero attached hydrogens (tertiary/aromatic N) is 4. The molecule has 32 heavy (non-hydrogen) atoms. The average Bonchev–Trinajstić information content (AvgIpc) is 3.12. The first-order valence-electron chi connectivity index (χ1n) is 9.43. The van der Waals surface area contributed by atoms with Crippen LogP contribution in [0.15, 0.2) is 53.7 Å². The summed E-state index contributed by atoms with van der Waals surface area (Å²) in [7, 11) is 1.76. The van der Waals surface area contributed by atoms with E-state index in [1.807, 2.05) is 0 Å². The van der Waals surface area contributed by atoms with E-state index in [2.05, 4.69) is 20.8 Å². The Hall–Kier alpha value is -3.44. The predicted octanol–water partition coefficient (Wildman–Crippen LogP) is 3.68. The molecule has 0 saturated heterocycles. The Balaban J connectivity index is 1.47. The quantitative estimate of drug-likeness (QED) is 0.274. The van der Waals surface area contributed by atoms with Crippen molar-refractivity contribution in [1.82, 2.24) is 14.8 Å². The molecule has 0 spiro atoms. The Bertz CT molecular complexity index is 1140. The fourth-order valence-corrected chi connectivity index (χ4v) is 3.60. The van der Waals surface area contributed by atoms with Crippen LogP contribution in [-0.4, -0.2) is 37.3 Å². The van der Waals surface area contributed by atoms with Gasteiger partial charge in [-0.2, -0.15) is 0 Å². The molecular formula is C20H19ClN6O4S. The number of anilines is 2. The van der Waals surface area contributed by atoms with E-state index in [1.54, 1.807) is 35.9 Å². The molecule has 1 aromatic heterocycles. The normalized spacial score (nSPS) is 10.6. The van der Waals surface area contributed by atoms with Gasteiger partial charge in [-0.05, 0) is 24.3 Å². The van der Waals surface area contributed by atoms with Crippen molar-refractivity contribution in [2.45, 2.75) is 18.0 Å². The highest BCUT2D eigenvalue weighted by atomic mass is 35.5. The van der Waals surface area contributed by atoms with Crippen molar-refractivity contribution in [2.75, 3.05) is 16.4 Å². The number of aryl methyl sites for hydroxylation is 1. The molecule has 0 unspecified atom stereocenters. The van der Waals surface area contributed by atoms with Crippen LogP contribution >= 0.6 is 23.4 Å². The summed E-state index contributed by atoms with van der Waals surface area (Å²) in [6, 6.07) is 12.6. The highest BCUT2D eigenvalue weighted by Crippen LogP contribution is 2.21. The van der Waals surface area contributed by atoms with Crippen LogP contribution in [0.4, 0.5) is 17.1 Å². The van der Waals surface area contributed by atoms with Crippen molar-refractivity contribution in [3.05, 3.63) is 69.5 Å². The minimum Gasteiger partial charge on any atom is -0.325 e. The number of carbonyl (C=O) groups is 2. The summed E-state index contributed by atoms with van der Waals surface area (Å²) in [5.41, 5.74) is 0.960. The molecule has 2 aromatic carbocycles. The molecule has 166 valence electrons. The number of para-hydroxylation sites is 1. The monoisotopic (exact) mass is 474 g/mol. The highest BCUT2D eigenvalue weighted by molar-refractivity contribution is 7.99. The van der Waals surface area contributed by atoms with Crippen LogP contribution < -0.4 is 10.6 Å². The molecule has 3 rings (SSSR count). The SMILES string of the molecule is Cn1c(CCC(=O)Nc2ccccc2Cl)nnc1SCC(=O)Nc1ccc([N+](=O)[O-])cc1. The topological polar surface area (TPSA) is 132 Å². The second-order valence-corrected chi connectivity index (χ2v) is 7.98. The van der Waals surface area contributed by atoms with Gasteiger partial charge in [0.25, 0.3) is 5.69 Å². The number of aromatic nitrogens is 3. The maximum absolute atomic E-state index is 12.2. The molecule has 1 heterocycles. The van der Waals surface area contributed by atoms with Gasteiger partial charge in [-0.25, -0.2) is 0 Å². The molecule has 0 bridgehead atoms. The molecule has 2 amide bonds. The van der Waals surface area contributed by atoms with Gasteiger partial charge in [-0.3, -0.25) is 19.7 Å². The molecule has 0 radical (unpaired) electrons. The number of rotatable bonds is 9. The summed E-state index contributed by atoms with van der Waals surface area (Å²) in [4.78, 5) is 34.5. The number of halogens is 1. The largest absolute Gasteiger partial charge is 0.325 e. The summed E-state index contributed by atoms with van der Waals surface area (Å²) >= 11 is 7.23. The highest BCUT2D eigenvalue weighted by Gasteiger charge is 2.14. The summed E-state index contributed by atoms with van der Waals surface area (Å²) in [6.07, 6.45) is 0.567. The first-order valence-corrected chi connectivity index (χ1v) is 10.8. The van der Waals surface area contributed by atoms with Gasteiger partial charge < -0.3 is 15.2 Å². The summed E-state index contributed by atoms with van der Waals surface area (Å²) in [6.45, 7) is 0. The van der Waals surface area contributed by atoms with Gasteiger partial charge in [0.2, 0.25) is 11.8 Å². The first kappa shape index (κ1) is 23.2. The lowest BCUT2D eigenvalue weighted by Gasteiger charge is -2.07. The van der Waals surface area contributed by atoms with Crippen molar-refractivity contribution in [2.24, 2.45) is 7.05 Å². The van der Waals surface area contributed by atoms with Gasteiger partial charge in [0.1, 0.15) is 5.82 Å². The zero-order chi connectivity index (χ0) is 23.1. The molecule has 0 fully saturated rings. The number of nitro benzene ring substituents is 1. The number of amides is 2. The molecule has 12 heteroatoms. The minimum atomic E-state index is -0.506. The third-order valence-electron chi connectivity index (χ3n) is 4.34. The lowest BCUT2D eigenvalue weighted by molar-refractivity contribution is -0.384. The third-order valence-corrected chi connectivity index (χ3v) is 5.69. The van der Waals surface area contributed by atoms with Crippen molar-refractivity contribution in [3.63, 3.8) is 0 Å². The zero-order valence-electron chi connectivity index (χ0n) is 16.9. The van der Waals surface area contributed by atoms with E-state index in [0.29, 0.717) is 33.8 Å². The number of thioether (sulfide) groups is 1. The summed E-state index contributed by atoms with van der Waals surface area (Å²) in [5.74, 6) is 0.207. The van der Waals surface area contributed by atoms with Crippen LogP contribution in [0.2, 0.25) is 5.02 Å². The fraction of sp³-hybridized carbons (Fsp3) is 0.200. The Morgan fingerprint density at radius 2 is 1.81 bits per heavy atom. The maximum atomic E-state index is 12.2. The second kappa shape index (κ2) is 10.7. The number of hydrogen-bond acceptors (Lipinski definition) is 7. The van der Waals surface area contributed by atoms with E-state index in [0.717, 1.165) is 0 Å². The molecule has 0 atom stereocenters. The average molecular weight is 475 g/mol. The molecule has 0 aliphatic rings. The molecule has 0 aliphatic carbocycles. The van der Waals surface area contributed by atoms with Crippen LogP contribution in [0.5, 0.6) is 0 Å². The van der Waals surface area contributed by atoms with Gasteiger partial charge in [-0.15, -0.1) is 10.2 Å². The molecule has 3 aromatic rings. The van der Waals surface area contributed by atoms with Crippen LogP contribution in [0.1, 0.15) is 12.2 Å². The Labute approximate surface area is 192 Å². The first-order chi connectivity index (χ1) is 15.3. The number of hydrogen-bond donors (Lipinski definition) is 2. The van der Waals surface area contributed by atoms with E-state index in [9.17, 15) is 19.7 Å². The standard InChI is InChI=1S/C20H19ClN6O4S/c1-26-17(10-11-18(28)23-16-5-3-2-4-15(16)21)24-25-20(26)32-12-19(29)22-13-6-8-14(9-7-13)27(30)31/h2-9H,10-12H2,1H3,(H,22,29)(H,23,28). The smallest absolute Gasteiger partial charge is 0.269 e. The number of carbonyl (C=O) groups excluding carboxylic acids is 2. The molecule has 0 saturated carbocycles. The summed E-state index contributed by atoms with van der Waals surface area (Å²) in [5, 5.41) is 25.3. The Morgan fingerprint density at radius 3 is 2.50 bits per heavy atom. The molecule has 2 N–H and O–H groups in total. The van der Waals surface area contributed by atoms with E-state index in [-0.39, 0.29) is 29.7 Å². The lowest BCUT2D eigenvalue weighted by atomic mass is 10.2. The fourth-order valence-electron chi connectivity index (χ4n) is 2.68. The molecule has 0 aliphatic heterocycles. The third kappa shape index (κ3) is 6.28. The van der Waals surface area contributed by atoms with Crippen molar-refractivity contribution < 1.29 is 14.5 Å². The van der Waals surface area contributed by atoms with E-state index in [4.69, 9.17) is 11.6 Å². The predicted molar refractivity (Wildman–Crippen MR) is 122 cm³/mol. The number of nitro groups is 1. The summed E-state index contributed by atoms with van der Waals surface area (Å²) < 4.78 is 1.73. The molecule has 10 nitrogen and oxygen atoms in total. The van der Waals surface area contributed by atoms with Gasteiger partial charge >= 0.3 is 0 Å². The van der Waals surface area contributed by atoms with Crippen LogP contribution in [-0.2, 0) is 23.1 Å². The number of benzene rings is 2. The van der Waals surface area contributed by atoms with E-state index >= 15 is 0 Å². The van der Waals surface area contributed by atoms with E-state index in [1.165, 1.54) is 36.0 Å². The lowest BCUT2D eigenvalue weighted by Crippen LogP contribution is -2.15. The van der Waals surface area contributed by atoms with Crippen LogP contribution in [0, 0.1) is 10.1 Å². The van der Waals surface area contributed by atoms with E-state index < -0.39 is 4.92 Å². The molecular weight excluding hydrogens is 456 g/mol. The van der Waals surface area contributed by atoms with Gasteiger partial charge in [-0.1, -0.05) is 35.5 Å². The van der Waals surface area contributed by atoms with Gasteiger partial charge in [0.05, 0.1) is 21.4 Å². The Kier molecular flexibility index (Phi) is 7.79. The van der Waals surface area contributed by atoms with Crippen molar-refractivity contribution in [1.29, 1.82) is 0 Å². The minimum absolute atomic E-state index is 0.0514. The Morgan fingerprint density at radius 1 is 1.09 bits per heavy atom. The van der Waals surface area contributed by atoms with Crippen molar-refractivity contribution in [3.8, 4) is 0 Å². The number of nitrogens with one attached hydrogen (secondary N) is 2. The second-order valence-electron chi connectivity index (χ2n) is 6.63. The van der Waals surface area contributed by atoms with Crippen LogP contribution in [0.3, 0.4) is 0 Å². The van der Waals surface area contributed by atoms with Crippen LogP contribution in [0.25, 0.3) is 0 Å². The number of non-ortho nitro benzene ring substituents is 1. The zero-order valence-corrected chi connectivity index (χ0v) is 18.5. The van der Waals surface area contributed by atoms with Gasteiger partial charge in [0, 0.05) is 37.7 Å².